The van der Waals surface area contributed by atoms with E-state index in [1.54, 1.807) is 27.8 Å². The molecule has 0 aliphatic carbocycles. The highest BCUT2D eigenvalue weighted by Crippen LogP contribution is 2.23. The molecule has 0 bridgehead atoms. The number of rotatable bonds is 10. The van der Waals surface area contributed by atoms with Crippen LogP contribution < -0.4 is 10.6 Å². The number of unbranched alkanes of at least 4 members (excludes halogenated alkanes) is 2. The van der Waals surface area contributed by atoms with Gasteiger partial charge in [-0.15, -0.1) is 0 Å². The van der Waals surface area contributed by atoms with Crippen molar-refractivity contribution in [3.8, 4) is 0 Å². The molecule has 7 heteroatoms. The van der Waals surface area contributed by atoms with Crippen LogP contribution in [0.5, 0.6) is 0 Å². The molecule has 1 aromatic rings. The van der Waals surface area contributed by atoms with Gasteiger partial charge >= 0.3 is 6.09 Å². The monoisotopic (exact) mass is 447 g/mol. The van der Waals surface area contributed by atoms with Crippen molar-refractivity contribution in [3.05, 3.63) is 35.4 Å². The minimum atomic E-state index is -0.824. The Bertz CT molecular complexity index is 771. The second-order valence-electron chi connectivity index (χ2n) is 9.63. The van der Waals surface area contributed by atoms with E-state index in [1.165, 1.54) is 4.90 Å². The van der Waals surface area contributed by atoms with Crippen LogP contribution in [0.3, 0.4) is 0 Å². The number of nitrogens with one attached hydrogen (secondary N) is 2. The number of carbonyl (C=O) groups is 3. The van der Waals surface area contributed by atoms with Crippen LogP contribution in [0.2, 0.25) is 0 Å². The number of alkyl carbamates (subject to hydrolysis) is 1. The van der Waals surface area contributed by atoms with Gasteiger partial charge in [-0.2, -0.15) is 0 Å². The van der Waals surface area contributed by atoms with Crippen molar-refractivity contribution in [2.75, 3.05) is 13.6 Å². The number of benzene rings is 1. The van der Waals surface area contributed by atoms with Crippen LogP contribution in [-0.4, -0.2) is 48.0 Å². The van der Waals surface area contributed by atoms with E-state index < -0.39 is 23.8 Å². The second kappa shape index (κ2) is 12.5. The molecule has 7 nitrogen and oxygen atoms in total. The molecule has 0 fully saturated rings. The first kappa shape index (κ1) is 27.5. The molecule has 2 N–H and O–H groups in total. The van der Waals surface area contributed by atoms with E-state index in [0.29, 0.717) is 6.54 Å². The minimum Gasteiger partial charge on any atom is -0.444 e. The largest absolute Gasteiger partial charge is 0.444 e. The summed E-state index contributed by atoms with van der Waals surface area (Å²) in [7, 11) is 1.60. The first-order chi connectivity index (χ1) is 14.9. The summed E-state index contributed by atoms with van der Waals surface area (Å²) < 4.78 is 5.33. The van der Waals surface area contributed by atoms with Crippen molar-refractivity contribution in [1.29, 1.82) is 0 Å². The second-order valence-corrected chi connectivity index (χ2v) is 9.63. The average Bonchev–Trinajstić information content (AvgIpc) is 2.67. The summed E-state index contributed by atoms with van der Waals surface area (Å²) >= 11 is 0. The molecule has 2 unspecified atom stereocenters. The number of amides is 3. The Morgan fingerprint density at radius 2 is 1.78 bits per heavy atom. The van der Waals surface area contributed by atoms with Crippen LogP contribution in [0.25, 0.3) is 0 Å². The molecular formula is C25H41N3O4. The molecule has 32 heavy (non-hydrogen) atoms. The van der Waals surface area contributed by atoms with Crippen molar-refractivity contribution in [1.82, 2.24) is 15.5 Å². The Morgan fingerprint density at radius 3 is 2.31 bits per heavy atom. The Balaban J connectivity index is 3.13. The lowest BCUT2D eigenvalue weighted by Gasteiger charge is -2.33. The van der Waals surface area contributed by atoms with Gasteiger partial charge in [0.25, 0.3) is 0 Å². The summed E-state index contributed by atoms with van der Waals surface area (Å²) in [4.78, 5) is 40.4. The standard InChI is InChI=1S/C25H41N3O4/c1-9-10-11-15-26-22(29)21(19-14-12-13-18(4)16-19)28(8)23(30)20(17(2)3)27-24(31)32-25(5,6)7/h12-14,16-17,20-21H,9-11,15H2,1-8H3,(H,26,29)(H,27,31). The number of ether oxygens (including phenoxy) is 1. The van der Waals surface area contributed by atoms with E-state index >= 15 is 0 Å². The van der Waals surface area contributed by atoms with Gasteiger partial charge in [0.15, 0.2) is 0 Å². The van der Waals surface area contributed by atoms with Crippen LogP contribution in [0.1, 0.15) is 78.0 Å². The van der Waals surface area contributed by atoms with Crippen molar-refractivity contribution in [2.24, 2.45) is 5.92 Å². The smallest absolute Gasteiger partial charge is 0.408 e. The van der Waals surface area contributed by atoms with E-state index in [-0.39, 0.29) is 17.7 Å². The van der Waals surface area contributed by atoms with E-state index in [9.17, 15) is 14.4 Å². The normalized spacial score (nSPS) is 13.3. The lowest BCUT2D eigenvalue weighted by Crippen LogP contribution is -2.53. The van der Waals surface area contributed by atoms with Gasteiger partial charge in [-0.1, -0.05) is 63.4 Å². The maximum Gasteiger partial charge on any atom is 0.408 e. The number of likely N-dealkylation sites (N-methyl/N-ethyl adjacent to an activating group) is 1. The molecule has 1 aromatic carbocycles. The molecular weight excluding hydrogens is 406 g/mol. The summed E-state index contributed by atoms with van der Waals surface area (Å²) in [6.07, 6.45) is 2.31. The number of hydrogen-bond donors (Lipinski definition) is 2. The molecule has 0 spiro atoms. The molecule has 0 heterocycles. The fourth-order valence-electron chi connectivity index (χ4n) is 3.37. The quantitative estimate of drug-likeness (QED) is 0.522. The number of hydrogen-bond acceptors (Lipinski definition) is 4. The van der Waals surface area contributed by atoms with Gasteiger partial charge in [0.05, 0.1) is 0 Å². The molecule has 0 saturated carbocycles. The summed E-state index contributed by atoms with van der Waals surface area (Å²) in [5.74, 6) is -0.772. The SMILES string of the molecule is CCCCCNC(=O)C(c1cccc(C)c1)N(C)C(=O)C(NC(=O)OC(C)(C)C)C(C)C. The first-order valence-corrected chi connectivity index (χ1v) is 11.5. The van der Waals surface area contributed by atoms with Gasteiger partial charge in [-0.05, 0) is 45.6 Å². The fraction of sp³-hybridized carbons (Fsp3) is 0.640. The third-order valence-corrected chi connectivity index (χ3v) is 5.03. The molecule has 3 amide bonds. The zero-order valence-electron chi connectivity index (χ0n) is 21.0. The van der Waals surface area contributed by atoms with Crippen LogP contribution in [-0.2, 0) is 14.3 Å². The lowest BCUT2D eigenvalue weighted by atomic mass is 9.98. The van der Waals surface area contributed by atoms with Gasteiger partial charge in [0, 0.05) is 13.6 Å². The van der Waals surface area contributed by atoms with Crippen molar-refractivity contribution < 1.29 is 19.1 Å². The van der Waals surface area contributed by atoms with Crippen molar-refractivity contribution in [2.45, 2.75) is 85.4 Å². The van der Waals surface area contributed by atoms with E-state index in [4.69, 9.17) is 4.74 Å². The Hall–Kier alpha value is -2.57. The van der Waals surface area contributed by atoms with Crippen molar-refractivity contribution in [3.63, 3.8) is 0 Å². The van der Waals surface area contributed by atoms with E-state index in [2.05, 4.69) is 17.6 Å². The molecule has 0 aliphatic heterocycles. The van der Waals surface area contributed by atoms with Gasteiger partial charge < -0.3 is 20.3 Å². The van der Waals surface area contributed by atoms with Gasteiger partial charge in [0.1, 0.15) is 17.7 Å². The number of carbonyl (C=O) groups excluding carboxylic acids is 3. The highest BCUT2D eigenvalue weighted by Gasteiger charge is 2.35. The predicted octanol–water partition coefficient (Wildman–Crippen LogP) is 4.35. The highest BCUT2D eigenvalue weighted by molar-refractivity contribution is 5.92. The van der Waals surface area contributed by atoms with Crippen molar-refractivity contribution >= 4 is 17.9 Å². The Morgan fingerprint density at radius 1 is 1.12 bits per heavy atom. The van der Waals surface area contributed by atoms with Crippen LogP contribution in [0, 0.1) is 12.8 Å². The molecule has 2 atom stereocenters. The minimum absolute atomic E-state index is 0.191. The number of nitrogens with zero attached hydrogens (tertiary/aromatic N) is 1. The Labute approximate surface area is 193 Å². The predicted molar refractivity (Wildman–Crippen MR) is 127 cm³/mol. The van der Waals surface area contributed by atoms with Crippen LogP contribution in [0.15, 0.2) is 24.3 Å². The van der Waals surface area contributed by atoms with Gasteiger partial charge in [0.2, 0.25) is 11.8 Å². The van der Waals surface area contributed by atoms with Crippen LogP contribution >= 0.6 is 0 Å². The van der Waals surface area contributed by atoms with Gasteiger partial charge in [-0.3, -0.25) is 9.59 Å². The summed E-state index contributed by atoms with van der Waals surface area (Å²) in [6.45, 7) is 13.6. The zero-order chi connectivity index (χ0) is 24.5. The maximum atomic E-state index is 13.4. The maximum absolute atomic E-state index is 13.4. The topological polar surface area (TPSA) is 87.7 Å². The van der Waals surface area contributed by atoms with Gasteiger partial charge in [-0.25, -0.2) is 4.79 Å². The molecule has 180 valence electrons. The third-order valence-electron chi connectivity index (χ3n) is 5.03. The average molecular weight is 448 g/mol. The molecule has 0 aromatic heterocycles. The lowest BCUT2D eigenvalue weighted by molar-refractivity contribution is -0.141. The summed E-state index contributed by atoms with van der Waals surface area (Å²) in [6, 6.07) is 5.95. The van der Waals surface area contributed by atoms with E-state index in [0.717, 1.165) is 30.4 Å². The molecule has 0 radical (unpaired) electrons. The molecule has 0 saturated heterocycles. The van der Waals surface area contributed by atoms with E-state index in [1.807, 2.05) is 45.0 Å². The first-order valence-electron chi connectivity index (χ1n) is 11.5. The highest BCUT2D eigenvalue weighted by atomic mass is 16.6. The third kappa shape index (κ3) is 8.89. The molecule has 1 rings (SSSR count). The fourth-order valence-corrected chi connectivity index (χ4v) is 3.37. The summed E-state index contributed by atoms with van der Waals surface area (Å²) in [5.41, 5.74) is 1.05. The van der Waals surface area contributed by atoms with Crippen LogP contribution in [0.4, 0.5) is 4.79 Å². The summed E-state index contributed by atoms with van der Waals surface area (Å²) in [5, 5.41) is 5.65. The molecule has 0 aliphatic rings. The Kier molecular flexibility index (Phi) is 10.7. The number of aryl methyl sites for hydroxylation is 1. The zero-order valence-corrected chi connectivity index (χ0v) is 21.0.